The summed E-state index contributed by atoms with van der Waals surface area (Å²) in [6.45, 7) is 3.39. The van der Waals surface area contributed by atoms with Crippen molar-refractivity contribution in [3.63, 3.8) is 0 Å². The number of carbonyl (C=O) groups is 1. The first-order valence-electron chi connectivity index (χ1n) is 9.01. The van der Waals surface area contributed by atoms with Crippen LogP contribution in [0.5, 0.6) is 0 Å². The van der Waals surface area contributed by atoms with Gasteiger partial charge in [0.1, 0.15) is 5.82 Å². The molecular weight excluding hydrogens is 326 g/mol. The molecule has 1 atom stereocenters. The summed E-state index contributed by atoms with van der Waals surface area (Å²) >= 11 is 0. The van der Waals surface area contributed by atoms with Crippen LogP contribution >= 0.6 is 0 Å². The van der Waals surface area contributed by atoms with Crippen LogP contribution in [0.1, 0.15) is 46.2 Å². The van der Waals surface area contributed by atoms with Gasteiger partial charge in [-0.1, -0.05) is 18.2 Å². The number of aromatic nitrogens is 2. The largest absolute Gasteiger partial charge is 0.380 e. The van der Waals surface area contributed by atoms with E-state index in [1.165, 1.54) is 5.56 Å². The second kappa shape index (κ2) is 6.92. The number of hydrogen-bond acceptors (Lipinski definition) is 3. The molecule has 0 radical (unpaired) electrons. The van der Waals surface area contributed by atoms with Crippen LogP contribution in [0, 0.1) is 6.92 Å². The Bertz CT molecular complexity index is 930. The summed E-state index contributed by atoms with van der Waals surface area (Å²) in [5, 5.41) is 0. The maximum Gasteiger partial charge on any atom is 0.254 e. The summed E-state index contributed by atoms with van der Waals surface area (Å²) in [4.78, 5) is 23.1. The smallest absolute Gasteiger partial charge is 0.254 e. The summed E-state index contributed by atoms with van der Waals surface area (Å²) in [7, 11) is 1.67. The topological polar surface area (TPSA) is 58.2 Å². The highest BCUT2D eigenvalue weighted by Gasteiger charge is 2.32. The van der Waals surface area contributed by atoms with Crippen LogP contribution in [-0.4, -0.2) is 34.4 Å². The fourth-order valence-corrected chi connectivity index (χ4v) is 3.67. The minimum atomic E-state index is 0.00820. The first-order valence-corrected chi connectivity index (χ1v) is 9.01. The number of aromatic amines is 1. The number of aryl methyl sites for hydroxylation is 1. The van der Waals surface area contributed by atoms with Gasteiger partial charge >= 0.3 is 0 Å². The molecule has 1 saturated heterocycles. The lowest BCUT2D eigenvalue weighted by molar-refractivity contribution is 0.0730. The molecule has 0 unspecified atom stereocenters. The quantitative estimate of drug-likeness (QED) is 0.775. The Hall–Kier alpha value is -2.66. The van der Waals surface area contributed by atoms with E-state index in [9.17, 15) is 4.79 Å². The molecule has 0 bridgehead atoms. The molecule has 0 spiro atoms. The Morgan fingerprint density at radius 1 is 1.27 bits per heavy atom. The van der Waals surface area contributed by atoms with E-state index in [-0.39, 0.29) is 11.9 Å². The van der Waals surface area contributed by atoms with Crippen LogP contribution in [0.25, 0.3) is 11.0 Å². The Labute approximate surface area is 153 Å². The van der Waals surface area contributed by atoms with Crippen molar-refractivity contribution in [2.45, 2.75) is 32.4 Å². The molecule has 134 valence electrons. The number of nitrogens with zero attached hydrogens (tertiary/aromatic N) is 2. The lowest BCUT2D eigenvalue weighted by Gasteiger charge is -2.23. The van der Waals surface area contributed by atoms with Crippen molar-refractivity contribution >= 4 is 16.9 Å². The number of methoxy groups -OCH3 is 1. The Morgan fingerprint density at radius 2 is 2.08 bits per heavy atom. The van der Waals surface area contributed by atoms with Gasteiger partial charge in [-0.25, -0.2) is 4.98 Å². The van der Waals surface area contributed by atoms with Crippen LogP contribution in [0.15, 0.2) is 42.5 Å². The van der Waals surface area contributed by atoms with Gasteiger partial charge in [0, 0.05) is 19.2 Å². The zero-order valence-corrected chi connectivity index (χ0v) is 15.2. The highest BCUT2D eigenvalue weighted by molar-refractivity contribution is 5.94. The van der Waals surface area contributed by atoms with Crippen LogP contribution in [-0.2, 0) is 11.3 Å². The number of H-pyrrole nitrogens is 1. The van der Waals surface area contributed by atoms with Crippen molar-refractivity contribution in [1.29, 1.82) is 0 Å². The highest BCUT2D eigenvalue weighted by atomic mass is 16.5. The second-order valence-electron chi connectivity index (χ2n) is 6.93. The van der Waals surface area contributed by atoms with Gasteiger partial charge in [0.2, 0.25) is 0 Å². The number of nitrogens with one attached hydrogen (secondary N) is 1. The van der Waals surface area contributed by atoms with Crippen LogP contribution < -0.4 is 0 Å². The van der Waals surface area contributed by atoms with Crippen LogP contribution in [0.2, 0.25) is 0 Å². The Balaban J connectivity index is 1.59. The second-order valence-corrected chi connectivity index (χ2v) is 6.93. The van der Waals surface area contributed by atoms with E-state index in [0.29, 0.717) is 12.2 Å². The molecule has 1 amide bonds. The first-order chi connectivity index (χ1) is 12.7. The van der Waals surface area contributed by atoms with E-state index in [4.69, 9.17) is 9.72 Å². The van der Waals surface area contributed by atoms with Crippen molar-refractivity contribution in [3.05, 3.63) is 65.0 Å². The third kappa shape index (κ3) is 3.10. The van der Waals surface area contributed by atoms with Crippen molar-refractivity contribution in [1.82, 2.24) is 14.9 Å². The van der Waals surface area contributed by atoms with E-state index in [1.807, 2.05) is 35.2 Å². The van der Waals surface area contributed by atoms with E-state index >= 15 is 0 Å². The van der Waals surface area contributed by atoms with E-state index in [2.05, 4.69) is 24.0 Å². The monoisotopic (exact) mass is 349 g/mol. The van der Waals surface area contributed by atoms with Gasteiger partial charge in [0.05, 0.1) is 23.7 Å². The zero-order valence-electron chi connectivity index (χ0n) is 15.2. The number of hydrogen-bond donors (Lipinski definition) is 1. The molecule has 5 nitrogen and oxygen atoms in total. The number of benzene rings is 2. The molecule has 1 fully saturated rings. The first kappa shape index (κ1) is 16.8. The fourth-order valence-electron chi connectivity index (χ4n) is 3.67. The summed E-state index contributed by atoms with van der Waals surface area (Å²) < 4.78 is 5.13. The van der Waals surface area contributed by atoms with Gasteiger partial charge in [0.15, 0.2) is 0 Å². The summed E-state index contributed by atoms with van der Waals surface area (Å²) in [5.74, 6) is 0.945. The number of amides is 1. The minimum Gasteiger partial charge on any atom is -0.380 e. The summed E-state index contributed by atoms with van der Waals surface area (Å²) in [6, 6.07) is 13.9. The number of fused-ring (bicyclic) bond motifs is 1. The standard InChI is InChI=1S/C21H23N3O2/c1-14-5-10-17-18(12-14)23-20(22-17)19-4-3-11-24(19)21(25)16-8-6-15(7-9-16)13-26-2/h5-10,12,19H,3-4,11,13H2,1-2H3,(H,22,23)/t19-/m0/s1. The highest BCUT2D eigenvalue weighted by Crippen LogP contribution is 2.32. The van der Waals surface area contributed by atoms with Crippen molar-refractivity contribution < 1.29 is 9.53 Å². The van der Waals surface area contributed by atoms with E-state index < -0.39 is 0 Å². The molecule has 26 heavy (non-hydrogen) atoms. The minimum absolute atomic E-state index is 0.00820. The molecule has 0 saturated carbocycles. The molecule has 4 rings (SSSR count). The maximum atomic E-state index is 13.0. The number of imidazole rings is 1. The molecule has 1 aliphatic rings. The lowest BCUT2D eigenvalue weighted by Crippen LogP contribution is -2.31. The van der Waals surface area contributed by atoms with Crippen molar-refractivity contribution in [2.75, 3.05) is 13.7 Å². The predicted octanol–water partition coefficient (Wildman–Crippen LogP) is 4.00. The summed E-state index contributed by atoms with van der Waals surface area (Å²) in [6.07, 6.45) is 1.93. The molecule has 0 aliphatic carbocycles. The van der Waals surface area contributed by atoms with Crippen LogP contribution in [0.3, 0.4) is 0 Å². The molecule has 2 aromatic carbocycles. The molecule has 1 aromatic heterocycles. The van der Waals surface area contributed by atoms with Crippen LogP contribution in [0.4, 0.5) is 0 Å². The molecule has 1 aliphatic heterocycles. The number of rotatable bonds is 4. The van der Waals surface area contributed by atoms with Gasteiger partial charge < -0.3 is 14.6 Å². The molecule has 2 heterocycles. The van der Waals surface area contributed by atoms with Crippen molar-refractivity contribution in [3.8, 4) is 0 Å². The average molecular weight is 349 g/mol. The fraction of sp³-hybridized carbons (Fsp3) is 0.333. The van der Waals surface area contributed by atoms with Gasteiger partial charge in [-0.3, -0.25) is 4.79 Å². The predicted molar refractivity (Wildman–Crippen MR) is 101 cm³/mol. The van der Waals surface area contributed by atoms with E-state index in [0.717, 1.165) is 41.8 Å². The van der Waals surface area contributed by atoms with Gasteiger partial charge in [-0.2, -0.15) is 0 Å². The number of carbonyl (C=O) groups excluding carboxylic acids is 1. The zero-order chi connectivity index (χ0) is 18.1. The molecular formula is C21H23N3O2. The molecule has 3 aromatic rings. The Kier molecular flexibility index (Phi) is 4.47. The number of likely N-dealkylation sites (tertiary alicyclic amines) is 1. The molecule has 1 N–H and O–H groups in total. The normalized spacial score (nSPS) is 17.2. The lowest BCUT2D eigenvalue weighted by atomic mass is 10.1. The van der Waals surface area contributed by atoms with Gasteiger partial charge in [-0.05, 0) is 55.2 Å². The number of ether oxygens (including phenoxy) is 1. The van der Waals surface area contributed by atoms with Crippen molar-refractivity contribution in [2.24, 2.45) is 0 Å². The molecule has 5 heteroatoms. The summed E-state index contributed by atoms with van der Waals surface area (Å²) in [5.41, 5.74) is 4.96. The SMILES string of the molecule is COCc1ccc(C(=O)N2CCC[C@H]2c2nc3ccc(C)cc3[nH]2)cc1. The maximum absolute atomic E-state index is 13.0. The van der Waals surface area contributed by atoms with E-state index in [1.54, 1.807) is 7.11 Å². The average Bonchev–Trinajstić information content (AvgIpc) is 3.28. The van der Waals surface area contributed by atoms with Gasteiger partial charge in [-0.15, -0.1) is 0 Å². The Morgan fingerprint density at radius 3 is 2.85 bits per heavy atom. The third-order valence-corrected chi connectivity index (χ3v) is 5.00. The van der Waals surface area contributed by atoms with Gasteiger partial charge in [0.25, 0.3) is 5.91 Å². The third-order valence-electron chi connectivity index (χ3n) is 5.00.